The van der Waals surface area contributed by atoms with Gasteiger partial charge in [-0.05, 0) is 49.4 Å². The lowest BCUT2D eigenvalue weighted by molar-refractivity contribution is -0.137. The molecule has 1 heterocycles. The monoisotopic (exact) mass is 451 g/mol. The Labute approximate surface area is 194 Å². The summed E-state index contributed by atoms with van der Waals surface area (Å²) in [6.45, 7) is 12.2. The number of alkyl carbamates (subject to hydrolysis) is 1. The van der Waals surface area contributed by atoms with Crippen molar-refractivity contribution in [1.29, 1.82) is 0 Å². The molecule has 0 spiro atoms. The van der Waals surface area contributed by atoms with Crippen LogP contribution in [0, 0.1) is 0 Å². The Balaban J connectivity index is 2.12. The van der Waals surface area contributed by atoms with Crippen LogP contribution in [0.4, 0.5) is 4.79 Å². The summed E-state index contributed by atoms with van der Waals surface area (Å²) in [4.78, 5) is 29.0. The molecule has 176 valence electrons. The second-order valence-corrected chi connectivity index (χ2v) is 10.3. The van der Waals surface area contributed by atoms with Crippen LogP contribution in [0.3, 0.4) is 0 Å². The summed E-state index contributed by atoms with van der Waals surface area (Å²) in [5.74, 6) is -0.557. The van der Waals surface area contributed by atoms with Crippen LogP contribution in [-0.2, 0) is 21.5 Å². The summed E-state index contributed by atoms with van der Waals surface area (Å²) in [7, 11) is 0. The number of fused-ring (bicyclic) bond motifs is 1. The number of carbonyl (C=O) groups excluding carboxylic acids is 1. The lowest BCUT2D eigenvalue weighted by Gasteiger charge is -2.23. The molecule has 2 N–H and O–H groups in total. The molecule has 3 rings (SSSR count). The molecule has 0 bridgehead atoms. The number of hydrogen-bond acceptors (Lipinski definition) is 4. The first-order valence-electron chi connectivity index (χ1n) is 11.1. The number of benzene rings is 2. The van der Waals surface area contributed by atoms with E-state index in [4.69, 9.17) is 9.72 Å². The Hall–Kier alpha value is -3.35. The van der Waals surface area contributed by atoms with Crippen molar-refractivity contribution in [2.45, 2.75) is 71.6 Å². The summed E-state index contributed by atoms with van der Waals surface area (Å²) in [6, 6.07) is 15.1. The molecule has 7 nitrogen and oxygen atoms in total. The van der Waals surface area contributed by atoms with Gasteiger partial charge in [-0.3, -0.25) is 4.79 Å². The number of aliphatic carboxylic acids is 1. The van der Waals surface area contributed by atoms with E-state index in [2.05, 4.69) is 32.2 Å². The third-order valence-corrected chi connectivity index (χ3v) is 5.21. The number of carboxylic acid groups (broad SMARTS) is 1. The zero-order valence-corrected chi connectivity index (χ0v) is 20.2. The molecule has 2 aromatic carbocycles. The lowest BCUT2D eigenvalue weighted by atomic mass is 9.87. The third-order valence-electron chi connectivity index (χ3n) is 5.21. The highest BCUT2D eigenvalue weighted by molar-refractivity contribution is 5.78. The smallest absolute Gasteiger partial charge is 0.408 e. The van der Waals surface area contributed by atoms with E-state index >= 15 is 0 Å². The van der Waals surface area contributed by atoms with Crippen LogP contribution in [0.25, 0.3) is 11.0 Å². The average molecular weight is 452 g/mol. The summed E-state index contributed by atoms with van der Waals surface area (Å²) in [5, 5.41) is 12.3. The standard InChI is InChI=1S/C26H33N3O4/c1-25(2,3)18-12-13-21-19(14-18)27-23(29(21)16-17-10-8-7-9-11-17)20(15-22(30)31)28-24(32)33-26(4,5)6/h7-14,20H,15-16H2,1-6H3,(H,28,32)(H,30,31)/t20-/m0/s1. The topological polar surface area (TPSA) is 93.4 Å². The van der Waals surface area contributed by atoms with Gasteiger partial charge >= 0.3 is 12.1 Å². The summed E-state index contributed by atoms with van der Waals surface area (Å²) >= 11 is 0. The molecule has 1 atom stereocenters. The maximum atomic E-state index is 12.5. The van der Waals surface area contributed by atoms with Gasteiger partial charge in [0.2, 0.25) is 0 Å². The molecular weight excluding hydrogens is 418 g/mol. The SMILES string of the molecule is CC(C)(C)OC(=O)N[C@@H](CC(=O)O)c1nc2cc(C(C)(C)C)ccc2n1Cc1ccccc1. The van der Waals surface area contributed by atoms with Crippen LogP contribution in [0.15, 0.2) is 48.5 Å². The quantitative estimate of drug-likeness (QED) is 0.522. The maximum Gasteiger partial charge on any atom is 0.408 e. The van der Waals surface area contributed by atoms with Crippen molar-refractivity contribution < 1.29 is 19.4 Å². The van der Waals surface area contributed by atoms with Gasteiger partial charge in [-0.1, -0.05) is 57.2 Å². The summed E-state index contributed by atoms with van der Waals surface area (Å²) in [5.41, 5.74) is 3.04. The highest BCUT2D eigenvalue weighted by atomic mass is 16.6. The molecule has 0 unspecified atom stereocenters. The molecular formula is C26H33N3O4. The molecule has 0 aliphatic rings. The zero-order valence-electron chi connectivity index (χ0n) is 20.2. The van der Waals surface area contributed by atoms with Crippen molar-refractivity contribution in [3.8, 4) is 0 Å². The normalized spacial score (nSPS) is 13.0. The van der Waals surface area contributed by atoms with Gasteiger partial charge in [-0.25, -0.2) is 9.78 Å². The van der Waals surface area contributed by atoms with Gasteiger partial charge in [-0.2, -0.15) is 0 Å². The highest BCUT2D eigenvalue weighted by Crippen LogP contribution is 2.29. The molecule has 3 aromatic rings. The van der Waals surface area contributed by atoms with E-state index in [0.29, 0.717) is 12.4 Å². The van der Waals surface area contributed by atoms with Gasteiger partial charge in [0, 0.05) is 6.54 Å². The number of hydrogen-bond donors (Lipinski definition) is 2. The zero-order chi connectivity index (χ0) is 24.4. The molecule has 33 heavy (non-hydrogen) atoms. The Morgan fingerprint density at radius 1 is 1.06 bits per heavy atom. The van der Waals surface area contributed by atoms with Crippen LogP contribution in [0.1, 0.15) is 71.0 Å². The van der Waals surface area contributed by atoms with Crippen LogP contribution in [-0.4, -0.2) is 32.3 Å². The summed E-state index contributed by atoms with van der Waals surface area (Å²) < 4.78 is 7.36. The number of aromatic nitrogens is 2. The number of carbonyl (C=O) groups is 2. The summed E-state index contributed by atoms with van der Waals surface area (Å²) in [6.07, 6.45) is -0.994. The van der Waals surface area contributed by atoms with E-state index in [-0.39, 0.29) is 11.8 Å². The second kappa shape index (κ2) is 9.25. The molecule has 0 fully saturated rings. The molecule has 1 amide bonds. The Morgan fingerprint density at radius 3 is 2.30 bits per heavy atom. The van der Waals surface area contributed by atoms with Gasteiger partial charge < -0.3 is 19.7 Å². The van der Waals surface area contributed by atoms with E-state index in [1.54, 1.807) is 20.8 Å². The number of amides is 1. The minimum absolute atomic E-state index is 0.0627. The average Bonchev–Trinajstić information content (AvgIpc) is 3.03. The van der Waals surface area contributed by atoms with Crippen molar-refractivity contribution >= 4 is 23.1 Å². The maximum absolute atomic E-state index is 12.5. The third kappa shape index (κ3) is 6.34. The number of ether oxygens (including phenoxy) is 1. The number of carboxylic acids is 1. The largest absolute Gasteiger partial charge is 0.481 e. The lowest BCUT2D eigenvalue weighted by Crippen LogP contribution is -2.37. The van der Waals surface area contributed by atoms with E-state index in [1.807, 2.05) is 47.0 Å². The molecule has 1 aromatic heterocycles. The Kier molecular flexibility index (Phi) is 6.81. The van der Waals surface area contributed by atoms with E-state index in [9.17, 15) is 14.7 Å². The molecule has 7 heteroatoms. The molecule has 0 aliphatic carbocycles. The number of imidazole rings is 1. The first-order valence-corrected chi connectivity index (χ1v) is 11.1. The number of nitrogens with zero attached hydrogens (tertiary/aromatic N) is 2. The predicted molar refractivity (Wildman–Crippen MR) is 128 cm³/mol. The van der Waals surface area contributed by atoms with Crippen molar-refractivity contribution in [1.82, 2.24) is 14.9 Å². The van der Waals surface area contributed by atoms with Crippen LogP contribution in [0.5, 0.6) is 0 Å². The van der Waals surface area contributed by atoms with Crippen molar-refractivity contribution in [3.05, 3.63) is 65.5 Å². The van der Waals surface area contributed by atoms with Crippen LogP contribution >= 0.6 is 0 Å². The van der Waals surface area contributed by atoms with Gasteiger partial charge in [0.1, 0.15) is 17.5 Å². The fraction of sp³-hybridized carbons (Fsp3) is 0.423. The van der Waals surface area contributed by atoms with Crippen molar-refractivity contribution in [2.24, 2.45) is 0 Å². The molecule has 0 radical (unpaired) electrons. The van der Waals surface area contributed by atoms with Gasteiger partial charge in [0.05, 0.1) is 17.5 Å². The minimum atomic E-state index is -1.04. The fourth-order valence-corrected chi connectivity index (χ4v) is 3.64. The minimum Gasteiger partial charge on any atom is -0.481 e. The van der Waals surface area contributed by atoms with E-state index in [0.717, 1.165) is 22.2 Å². The fourth-order valence-electron chi connectivity index (χ4n) is 3.64. The van der Waals surface area contributed by atoms with Gasteiger partial charge in [0.25, 0.3) is 0 Å². The van der Waals surface area contributed by atoms with Crippen molar-refractivity contribution in [2.75, 3.05) is 0 Å². The molecule has 0 saturated heterocycles. The second-order valence-electron chi connectivity index (χ2n) is 10.3. The molecule has 0 saturated carbocycles. The highest BCUT2D eigenvalue weighted by Gasteiger charge is 2.28. The van der Waals surface area contributed by atoms with Gasteiger partial charge in [0.15, 0.2) is 0 Å². The first kappa shape index (κ1) is 24.3. The predicted octanol–water partition coefficient (Wildman–Crippen LogP) is 5.42. The van der Waals surface area contributed by atoms with E-state index in [1.165, 1.54) is 0 Å². The molecule has 0 aliphatic heterocycles. The van der Waals surface area contributed by atoms with Crippen LogP contribution < -0.4 is 5.32 Å². The van der Waals surface area contributed by atoms with Crippen LogP contribution in [0.2, 0.25) is 0 Å². The Bertz CT molecular complexity index is 1140. The van der Waals surface area contributed by atoms with Gasteiger partial charge in [-0.15, -0.1) is 0 Å². The number of nitrogens with one attached hydrogen (secondary N) is 1. The number of rotatable bonds is 6. The first-order chi connectivity index (χ1) is 15.3. The van der Waals surface area contributed by atoms with E-state index < -0.39 is 23.7 Å². The Morgan fingerprint density at radius 2 is 1.73 bits per heavy atom. The van der Waals surface area contributed by atoms with Crippen molar-refractivity contribution in [3.63, 3.8) is 0 Å².